The summed E-state index contributed by atoms with van der Waals surface area (Å²) in [6, 6.07) is 10.4. The zero-order valence-corrected chi connectivity index (χ0v) is 22.0. The molecule has 3 aromatic heterocycles. The lowest BCUT2D eigenvalue weighted by Crippen LogP contribution is -2.32. The summed E-state index contributed by atoms with van der Waals surface area (Å²) in [6.45, 7) is 6.65. The summed E-state index contributed by atoms with van der Waals surface area (Å²) < 4.78 is 26.3. The summed E-state index contributed by atoms with van der Waals surface area (Å²) in [6.07, 6.45) is 7.38. The molecule has 1 aliphatic heterocycles. The highest BCUT2D eigenvalue weighted by Gasteiger charge is 2.18. The van der Waals surface area contributed by atoms with E-state index < -0.39 is 17.4 Å². The number of hydrogen-bond donors (Lipinski definition) is 0. The first-order valence-corrected chi connectivity index (χ1v) is 13.2. The predicted molar refractivity (Wildman–Crippen MR) is 144 cm³/mol. The van der Waals surface area contributed by atoms with E-state index in [4.69, 9.17) is 4.74 Å². The molecule has 192 valence electrons. The first-order chi connectivity index (χ1) is 17.9. The van der Waals surface area contributed by atoms with Crippen LogP contribution in [0.2, 0.25) is 0 Å². The van der Waals surface area contributed by atoms with Crippen molar-refractivity contribution >= 4 is 11.5 Å². The fourth-order valence-corrected chi connectivity index (χ4v) is 5.31. The van der Waals surface area contributed by atoms with Crippen LogP contribution < -0.4 is 10.3 Å². The highest BCUT2D eigenvalue weighted by Crippen LogP contribution is 2.28. The van der Waals surface area contributed by atoms with Gasteiger partial charge in [0.25, 0.3) is 5.56 Å². The maximum atomic E-state index is 14.6. The van der Waals surface area contributed by atoms with Crippen molar-refractivity contribution in [2.24, 2.45) is 5.92 Å². The van der Waals surface area contributed by atoms with Gasteiger partial charge in [-0.3, -0.25) is 4.79 Å². The molecule has 1 saturated heterocycles. The Bertz CT molecular complexity index is 1430. The molecule has 7 nitrogen and oxygen atoms in total. The number of nitrogens with zero attached hydrogens (tertiary/aromatic N) is 5. The number of benzene rings is 1. The fourth-order valence-electron chi connectivity index (χ4n) is 4.57. The van der Waals surface area contributed by atoms with Crippen molar-refractivity contribution in [3.05, 3.63) is 82.4 Å². The molecule has 0 amide bonds. The Hall–Kier alpha value is -3.43. The molecule has 0 saturated carbocycles. The highest BCUT2D eigenvalue weighted by molar-refractivity contribution is 7.09. The lowest BCUT2D eigenvalue weighted by molar-refractivity contribution is 0.159. The van der Waals surface area contributed by atoms with Crippen LogP contribution in [-0.2, 0) is 0 Å². The Kier molecular flexibility index (Phi) is 7.43. The summed E-state index contributed by atoms with van der Waals surface area (Å²) >= 11 is 1.28. The lowest BCUT2D eigenvalue weighted by Gasteiger charge is -2.28. The topological polar surface area (TPSA) is 73.1 Å². The third kappa shape index (κ3) is 5.78. The van der Waals surface area contributed by atoms with Gasteiger partial charge in [0, 0.05) is 17.3 Å². The molecular formula is C28H30FN5O2S. The van der Waals surface area contributed by atoms with Crippen LogP contribution in [0, 0.1) is 18.7 Å². The number of rotatable bonds is 7. The number of aryl methyl sites for hydroxylation is 1. The van der Waals surface area contributed by atoms with E-state index in [1.54, 1.807) is 18.6 Å². The molecule has 1 aromatic carbocycles. The molecule has 37 heavy (non-hydrogen) atoms. The SMILES string of the molecule is Cc1cc(-c2cc(F)c(=O)n(C(C)c3cccc(-c4ncc(OCC5CCN(C)CC5)cn4)c3)c2)sn1. The van der Waals surface area contributed by atoms with Gasteiger partial charge in [0.15, 0.2) is 17.4 Å². The van der Waals surface area contributed by atoms with Crippen LogP contribution in [0.3, 0.4) is 0 Å². The second-order valence-corrected chi connectivity index (χ2v) is 10.5. The van der Waals surface area contributed by atoms with Crippen LogP contribution in [0.1, 0.15) is 37.1 Å². The number of pyridine rings is 1. The van der Waals surface area contributed by atoms with E-state index in [1.165, 1.54) is 22.2 Å². The largest absolute Gasteiger partial charge is 0.490 e. The van der Waals surface area contributed by atoms with Crippen molar-refractivity contribution < 1.29 is 9.13 Å². The number of aromatic nitrogens is 4. The van der Waals surface area contributed by atoms with Crippen molar-refractivity contribution in [2.75, 3.05) is 26.7 Å². The van der Waals surface area contributed by atoms with Crippen LogP contribution >= 0.6 is 11.5 Å². The zero-order valence-electron chi connectivity index (χ0n) is 21.2. The molecule has 1 fully saturated rings. The van der Waals surface area contributed by atoms with Gasteiger partial charge < -0.3 is 14.2 Å². The summed E-state index contributed by atoms with van der Waals surface area (Å²) in [5.41, 5.74) is 2.49. The molecule has 0 aliphatic carbocycles. The lowest BCUT2D eigenvalue weighted by atomic mass is 9.98. The van der Waals surface area contributed by atoms with Crippen LogP contribution in [0.4, 0.5) is 4.39 Å². The first-order valence-electron chi connectivity index (χ1n) is 12.5. The standard InChI is InChI=1S/C28H30FN5O2S/c1-18-11-26(37-32-18)23-13-25(29)28(35)34(16-23)19(2)21-5-4-6-22(12-21)27-30-14-24(15-31-27)36-17-20-7-9-33(3)10-8-20/h4-6,11-16,19-20H,7-10,17H2,1-3H3. The van der Waals surface area contributed by atoms with Crippen LogP contribution in [-0.4, -0.2) is 50.6 Å². The van der Waals surface area contributed by atoms with Gasteiger partial charge in [-0.2, -0.15) is 4.37 Å². The third-order valence-corrected chi connectivity index (χ3v) is 7.84. The highest BCUT2D eigenvalue weighted by atomic mass is 32.1. The Balaban J connectivity index is 1.33. The van der Waals surface area contributed by atoms with Crippen molar-refractivity contribution in [1.82, 2.24) is 23.8 Å². The van der Waals surface area contributed by atoms with Crippen LogP contribution in [0.5, 0.6) is 5.75 Å². The summed E-state index contributed by atoms with van der Waals surface area (Å²) in [7, 11) is 2.15. The Morgan fingerprint density at radius 2 is 1.89 bits per heavy atom. The molecule has 0 spiro atoms. The van der Waals surface area contributed by atoms with Gasteiger partial charge in [-0.15, -0.1) is 0 Å². The molecule has 1 atom stereocenters. The monoisotopic (exact) mass is 519 g/mol. The quantitative estimate of drug-likeness (QED) is 0.334. The number of piperidine rings is 1. The maximum absolute atomic E-state index is 14.6. The van der Waals surface area contributed by atoms with Gasteiger partial charge in [-0.05, 0) is 88.0 Å². The Labute approximate surface area is 219 Å². The smallest absolute Gasteiger partial charge is 0.287 e. The zero-order chi connectivity index (χ0) is 25.9. The molecule has 9 heteroatoms. The van der Waals surface area contributed by atoms with Gasteiger partial charge in [0.1, 0.15) is 0 Å². The minimum atomic E-state index is -0.786. The predicted octanol–water partition coefficient (Wildman–Crippen LogP) is 5.21. The number of halogens is 1. The molecule has 1 unspecified atom stereocenters. The minimum absolute atomic E-state index is 0.395. The van der Waals surface area contributed by atoms with Gasteiger partial charge in [-0.25, -0.2) is 14.4 Å². The van der Waals surface area contributed by atoms with Gasteiger partial charge in [-0.1, -0.05) is 18.2 Å². The summed E-state index contributed by atoms with van der Waals surface area (Å²) in [5, 5.41) is 0. The van der Waals surface area contributed by atoms with E-state index in [9.17, 15) is 9.18 Å². The molecular weight excluding hydrogens is 489 g/mol. The number of likely N-dealkylation sites (tertiary alicyclic amines) is 1. The van der Waals surface area contributed by atoms with Crippen molar-refractivity contribution in [3.63, 3.8) is 0 Å². The third-order valence-electron chi connectivity index (χ3n) is 6.91. The van der Waals surface area contributed by atoms with Gasteiger partial charge in [0.05, 0.1) is 35.6 Å². The molecule has 1 aliphatic rings. The minimum Gasteiger partial charge on any atom is -0.490 e. The van der Waals surface area contributed by atoms with Crippen molar-refractivity contribution in [1.29, 1.82) is 0 Å². The Morgan fingerprint density at radius 3 is 2.59 bits per heavy atom. The van der Waals surface area contributed by atoms with Gasteiger partial charge >= 0.3 is 0 Å². The van der Waals surface area contributed by atoms with E-state index >= 15 is 0 Å². The molecule has 5 rings (SSSR count). The van der Waals surface area contributed by atoms with Crippen LogP contribution in [0.15, 0.2) is 59.8 Å². The van der Waals surface area contributed by atoms with Gasteiger partial charge in [0.2, 0.25) is 0 Å². The molecule has 4 heterocycles. The average molecular weight is 520 g/mol. The molecule has 0 N–H and O–H groups in total. The van der Waals surface area contributed by atoms with E-state index in [0.717, 1.165) is 47.6 Å². The van der Waals surface area contributed by atoms with E-state index in [-0.39, 0.29) is 0 Å². The number of ether oxygens (including phenoxy) is 1. The molecule has 0 radical (unpaired) electrons. The molecule has 0 bridgehead atoms. The Morgan fingerprint density at radius 1 is 1.14 bits per heavy atom. The van der Waals surface area contributed by atoms with E-state index in [1.807, 2.05) is 44.2 Å². The second-order valence-electron chi connectivity index (χ2n) is 9.72. The fraction of sp³-hybridized carbons (Fsp3) is 0.357. The maximum Gasteiger partial charge on any atom is 0.287 e. The normalized spacial score (nSPS) is 15.6. The molecule has 4 aromatic rings. The van der Waals surface area contributed by atoms with E-state index in [2.05, 4.69) is 26.3 Å². The van der Waals surface area contributed by atoms with Crippen molar-refractivity contribution in [3.8, 4) is 27.6 Å². The van der Waals surface area contributed by atoms with Crippen molar-refractivity contribution in [2.45, 2.75) is 32.7 Å². The van der Waals surface area contributed by atoms with Crippen LogP contribution in [0.25, 0.3) is 21.8 Å². The second kappa shape index (κ2) is 10.9. The average Bonchev–Trinajstić information content (AvgIpc) is 3.36. The first kappa shape index (κ1) is 25.2. The summed E-state index contributed by atoms with van der Waals surface area (Å²) in [5.74, 6) is 0.990. The summed E-state index contributed by atoms with van der Waals surface area (Å²) in [4.78, 5) is 24.9. The number of hydrogen-bond acceptors (Lipinski definition) is 7. The van der Waals surface area contributed by atoms with E-state index in [0.29, 0.717) is 29.7 Å².